The van der Waals surface area contributed by atoms with E-state index in [-0.39, 0.29) is 6.61 Å². The van der Waals surface area contributed by atoms with Crippen LogP contribution in [0.25, 0.3) is 5.57 Å². The number of aromatic nitrogens is 2. The summed E-state index contributed by atoms with van der Waals surface area (Å²) in [5.74, 6) is 0.628. The number of rotatable bonds is 3. The van der Waals surface area contributed by atoms with E-state index in [4.69, 9.17) is 5.11 Å². The van der Waals surface area contributed by atoms with Crippen LogP contribution in [0.2, 0.25) is 0 Å². The minimum Gasteiger partial charge on any atom is -0.392 e. The lowest BCUT2D eigenvalue weighted by molar-refractivity contribution is 0.343. The fourth-order valence-electron chi connectivity index (χ4n) is 1.49. The lowest BCUT2D eigenvalue weighted by Gasteiger charge is -2.05. The van der Waals surface area contributed by atoms with Crippen molar-refractivity contribution in [2.24, 2.45) is 0 Å². The van der Waals surface area contributed by atoms with Gasteiger partial charge in [0.25, 0.3) is 0 Å². The van der Waals surface area contributed by atoms with Gasteiger partial charge in [-0.1, -0.05) is 30.3 Å². The third-order valence-electron chi connectivity index (χ3n) is 2.19. The molecule has 0 radical (unpaired) electrons. The Balaban J connectivity index is 2.44. The summed E-state index contributed by atoms with van der Waals surface area (Å²) in [6.45, 7) is -0.0253. The summed E-state index contributed by atoms with van der Waals surface area (Å²) < 4.78 is 0. The molecule has 0 bridgehead atoms. The molecule has 0 aliphatic carbocycles. The highest BCUT2D eigenvalue weighted by Crippen LogP contribution is 2.18. The van der Waals surface area contributed by atoms with Crippen molar-refractivity contribution in [2.75, 3.05) is 6.61 Å². The molecule has 2 rings (SSSR count). The van der Waals surface area contributed by atoms with E-state index in [2.05, 4.69) is 9.97 Å². The van der Waals surface area contributed by atoms with Gasteiger partial charge in [0.15, 0.2) is 5.82 Å². The van der Waals surface area contributed by atoms with Gasteiger partial charge >= 0.3 is 0 Å². The molecule has 80 valence electrons. The Morgan fingerprint density at radius 1 is 1.06 bits per heavy atom. The quantitative estimate of drug-likeness (QED) is 0.845. The van der Waals surface area contributed by atoms with Crippen molar-refractivity contribution in [2.45, 2.75) is 0 Å². The van der Waals surface area contributed by atoms with Crippen molar-refractivity contribution in [1.82, 2.24) is 9.97 Å². The average Bonchev–Trinajstić information content (AvgIpc) is 2.38. The number of aliphatic hydroxyl groups is 1. The molecule has 3 heteroatoms. The molecular formula is C13H12N2O. The molecule has 0 saturated heterocycles. The molecular weight excluding hydrogens is 200 g/mol. The first-order chi connectivity index (χ1) is 7.92. The van der Waals surface area contributed by atoms with Gasteiger partial charge in [-0.25, -0.2) is 9.97 Å². The zero-order chi connectivity index (χ0) is 11.2. The molecule has 2 aromatic rings. The Morgan fingerprint density at radius 3 is 2.38 bits per heavy atom. The van der Waals surface area contributed by atoms with Gasteiger partial charge in [0.05, 0.1) is 6.61 Å². The van der Waals surface area contributed by atoms with Gasteiger partial charge in [-0.15, -0.1) is 0 Å². The SMILES string of the molecule is OC/C=C(/c1ccccc1)c1ncccn1. The first kappa shape index (κ1) is 10.5. The maximum atomic E-state index is 9.03. The van der Waals surface area contributed by atoms with Gasteiger partial charge in [0.1, 0.15) is 0 Å². The number of aliphatic hydroxyl groups excluding tert-OH is 1. The third kappa shape index (κ3) is 2.32. The first-order valence-electron chi connectivity index (χ1n) is 5.05. The topological polar surface area (TPSA) is 46.0 Å². The van der Waals surface area contributed by atoms with Crippen molar-refractivity contribution in [3.8, 4) is 0 Å². The molecule has 16 heavy (non-hydrogen) atoms. The second-order valence-electron chi connectivity index (χ2n) is 3.24. The highest BCUT2D eigenvalue weighted by atomic mass is 16.2. The predicted molar refractivity (Wildman–Crippen MR) is 62.6 cm³/mol. The first-order valence-corrected chi connectivity index (χ1v) is 5.05. The molecule has 1 N–H and O–H groups in total. The monoisotopic (exact) mass is 212 g/mol. The Hall–Kier alpha value is -2.00. The maximum absolute atomic E-state index is 9.03. The molecule has 1 aromatic heterocycles. The minimum atomic E-state index is -0.0253. The lowest BCUT2D eigenvalue weighted by atomic mass is 10.1. The fraction of sp³-hybridized carbons (Fsp3) is 0.0769. The summed E-state index contributed by atoms with van der Waals surface area (Å²) in [6, 6.07) is 11.6. The largest absolute Gasteiger partial charge is 0.392 e. The van der Waals surface area contributed by atoms with Crippen LogP contribution in [0.4, 0.5) is 0 Å². The van der Waals surface area contributed by atoms with Gasteiger partial charge in [0.2, 0.25) is 0 Å². The van der Waals surface area contributed by atoms with Crippen LogP contribution in [-0.4, -0.2) is 21.7 Å². The van der Waals surface area contributed by atoms with E-state index in [1.54, 1.807) is 24.5 Å². The van der Waals surface area contributed by atoms with E-state index in [1.807, 2.05) is 30.3 Å². The van der Waals surface area contributed by atoms with Gasteiger partial charge in [0, 0.05) is 18.0 Å². The maximum Gasteiger partial charge on any atom is 0.159 e. The number of nitrogens with zero attached hydrogens (tertiary/aromatic N) is 2. The second kappa shape index (κ2) is 5.19. The predicted octanol–water partition coefficient (Wildman–Crippen LogP) is 1.90. The molecule has 0 saturated carbocycles. The van der Waals surface area contributed by atoms with E-state index in [0.717, 1.165) is 11.1 Å². The number of hydrogen-bond donors (Lipinski definition) is 1. The Bertz CT molecular complexity index is 424. The van der Waals surface area contributed by atoms with Gasteiger partial charge in [-0.2, -0.15) is 0 Å². The highest BCUT2D eigenvalue weighted by Gasteiger charge is 2.05. The van der Waals surface area contributed by atoms with Crippen molar-refractivity contribution in [1.29, 1.82) is 0 Å². The Kier molecular flexibility index (Phi) is 3.41. The standard InChI is InChI=1S/C13H12N2O/c16-10-7-12(11-5-2-1-3-6-11)13-14-8-4-9-15-13/h1-9,16H,10H2/b12-7-. The van der Waals surface area contributed by atoms with Crippen molar-refractivity contribution < 1.29 is 5.11 Å². The van der Waals surface area contributed by atoms with Crippen LogP contribution in [0, 0.1) is 0 Å². The smallest absolute Gasteiger partial charge is 0.159 e. The highest BCUT2D eigenvalue weighted by molar-refractivity contribution is 5.75. The molecule has 0 amide bonds. The van der Waals surface area contributed by atoms with Crippen LogP contribution < -0.4 is 0 Å². The normalized spacial score (nSPS) is 11.4. The molecule has 1 aromatic carbocycles. The molecule has 0 aliphatic heterocycles. The molecule has 0 aliphatic rings. The lowest BCUT2D eigenvalue weighted by Crippen LogP contribution is -1.95. The Labute approximate surface area is 94.1 Å². The molecule has 0 spiro atoms. The summed E-state index contributed by atoms with van der Waals surface area (Å²) in [5.41, 5.74) is 1.85. The second-order valence-corrected chi connectivity index (χ2v) is 3.24. The Morgan fingerprint density at radius 2 is 1.75 bits per heavy atom. The van der Waals surface area contributed by atoms with Crippen LogP contribution >= 0.6 is 0 Å². The van der Waals surface area contributed by atoms with Crippen LogP contribution in [0.1, 0.15) is 11.4 Å². The van der Waals surface area contributed by atoms with Gasteiger partial charge in [-0.05, 0) is 17.7 Å². The zero-order valence-electron chi connectivity index (χ0n) is 8.74. The summed E-state index contributed by atoms with van der Waals surface area (Å²) in [4.78, 5) is 8.37. The third-order valence-corrected chi connectivity index (χ3v) is 2.19. The zero-order valence-corrected chi connectivity index (χ0v) is 8.74. The molecule has 1 heterocycles. The summed E-state index contributed by atoms with van der Waals surface area (Å²) in [5, 5.41) is 9.03. The summed E-state index contributed by atoms with van der Waals surface area (Å²) in [6.07, 6.45) is 5.09. The average molecular weight is 212 g/mol. The molecule has 0 fully saturated rings. The van der Waals surface area contributed by atoms with Crippen LogP contribution in [-0.2, 0) is 0 Å². The van der Waals surface area contributed by atoms with Crippen molar-refractivity contribution >= 4 is 5.57 Å². The molecule has 0 atom stereocenters. The van der Waals surface area contributed by atoms with E-state index >= 15 is 0 Å². The van der Waals surface area contributed by atoms with Gasteiger partial charge in [-0.3, -0.25) is 0 Å². The summed E-state index contributed by atoms with van der Waals surface area (Å²) >= 11 is 0. The van der Waals surface area contributed by atoms with Crippen LogP contribution in [0.3, 0.4) is 0 Å². The van der Waals surface area contributed by atoms with E-state index in [9.17, 15) is 0 Å². The van der Waals surface area contributed by atoms with E-state index in [1.165, 1.54) is 0 Å². The molecule has 0 unspecified atom stereocenters. The fourth-order valence-corrected chi connectivity index (χ4v) is 1.49. The van der Waals surface area contributed by atoms with E-state index < -0.39 is 0 Å². The summed E-state index contributed by atoms with van der Waals surface area (Å²) in [7, 11) is 0. The minimum absolute atomic E-state index is 0.0253. The van der Waals surface area contributed by atoms with Gasteiger partial charge < -0.3 is 5.11 Å². The van der Waals surface area contributed by atoms with Crippen molar-refractivity contribution in [3.05, 3.63) is 66.3 Å². The molecule has 3 nitrogen and oxygen atoms in total. The van der Waals surface area contributed by atoms with Crippen LogP contribution in [0.5, 0.6) is 0 Å². The number of hydrogen-bond acceptors (Lipinski definition) is 3. The van der Waals surface area contributed by atoms with E-state index in [0.29, 0.717) is 5.82 Å². The van der Waals surface area contributed by atoms with Crippen molar-refractivity contribution in [3.63, 3.8) is 0 Å². The van der Waals surface area contributed by atoms with Crippen LogP contribution in [0.15, 0.2) is 54.9 Å². The number of benzene rings is 1.